The van der Waals surface area contributed by atoms with Gasteiger partial charge in [-0.3, -0.25) is 14.9 Å². The monoisotopic (exact) mass is 520 g/mol. The fourth-order valence-electron chi connectivity index (χ4n) is 3.91. The van der Waals surface area contributed by atoms with E-state index < -0.39 is 4.92 Å². The Labute approximate surface area is 212 Å². The van der Waals surface area contributed by atoms with Gasteiger partial charge in [0.25, 0.3) is 11.5 Å². The third-order valence-corrected chi connectivity index (χ3v) is 6.38. The summed E-state index contributed by atoms with van der Waals surface area (Å²) in [7, 11) is 1.88. The Balaban J connectivity index is 1.89. The molecule has 3 aromatic rings. The quantitative estimate of drug-likeness (QED) is 0.151. The Morgan fingerprint density at radius 2 is 1.94 bits per heavy atom. The highest BCUT2D eigenvalue weighted by molar-refractivity contribution is 6.42. The lowest BCUT2D eigenvalue weighted by Gasteiger charge is -2.04. The minimum absolute atomic E-state index is 0.00832. The molecule has 0 saturated carbocycles. The summed E-state index contributed by atoms with van der Waals surface area (Å²) in [4.78, 5) is 22.7. The second kappa shape index (κ2) is 12.0. The number of nitro groups is 1. The highest BCUT2D eigenvalue weighted by Crippen LogP contribution is 2.29. The number of aromatic nitrogens is 2. The lowest BCUT2D eigenvalue weighted by Crippen LogP contribution is -2.31. The molecule has 11 heteroatoms. The number of phenols is 1. The maximum Gasteiger partial charge on any atom is 0.282 e. The number of carbonyl (C=O) groups excluding carboxylic acids is 1. The van der Waals surface area contributed by atoms with Crippen molar-refractivity contribution in [3.05, 3.63) is 61.9 Å². The van der Waals surface area contributed by atoms with Gasteiger partial charge in [-0.1, -0.05) is 23.2 Å². The van der Waals surface area contributed by atoms with Crippen molar-refractivity contribution >= 4 is 58.0 Å². The topological polar surface area (TPSA) is 127 Å². The number of benzene rings is 2. The van der Waals surface area contributed by atoms with E-state index in [1.54, 1.807) is 24.3 Å². The van der Waals surface area contributed by atoms with Gasteiger partial charge in [-0.05, 0) is 37.5 Å². The molecule has 0 aliphatic rings. The lowest BCUT2D eigenvalue weighted by atomic mass is 10.1. The molecule has 35 heavy (non-hydrogen) atoms. The van der Waals surface area contributed by atoms with Crippen molar-refractivity contribution in [2.75, 3.05) is 13.1 Å². The van der Waals surface area contributed by atoms with Crippen molar-refractivity contribution < 1.29 is 19.4 Å². The van der Waals surface area contributed by atoms with Crippen LogP contribution < -0.4 is 15.6 Å². The number of hydrogen-bond acceptors (Lipinski definition) is 5. The zero-order chi connectivity index (χ0) is 25.5. The van der Waals surface area contributed by atoms with Crippen LogP contribution in [-0.2, 0) is 18.4 Å². The van der Waals surface area contributed by atoms with Crippen molar-refractivity contribution in [2.45, 2.75) is 32.2 Å². The number of nitro benzene ring substituents is 1. The van der Waals surface area contributed by atoms with E-state index in [2.05, 4.69) is 9.88 Å². The molecule has 4 N–H and O–H groups in total. The number of phenolic OH excluding ortho intramolecular Hbond substituents is 1. The number of aromatic hydroxyl groups is 1. The molecular weight excluding hydrogens is 493 g/mol. The molecule has 0 fully saturated rings. The van der Waals surface area contributed by atoms with E-state index in [4.69, 9.17) is 28.9 Å². The fourth-order valence-corrected chi connectivity index (χ4v) is 4.23. The zero-order valence-corrected chi connectivity index (χ0v) is 20.8. The van der Waals surface area contributed by atoms with Gasteiger partial charge in [0.05, 0.1) is 34.1 Å². The minimum atomic E-state index is -0.488. The molecule has 0 bridgehead atoms. The maximum atomic E-state index is 11.8. The van der Waals surface area contributed by atoms with Gasteiger partial charge in [0.1, 0.15) is 5.75 Å². The smallest absolute Gasteiger partial charge is 0.282 e. The lowest BCUT2D eigenvalue weighted by molar-refractivity contribution is -0.647. The standard InChI is InChI=1S/C24H27Cl2N5O4/c1-29-21-14-18(25)19(26)15-22(21)30(12-4-2-3-5-23(33)28-11-10-27)24(29)9-6-16-13-17(32)7-8-20(16)31(34)35/h6-9,13-15H,2-5,10-12,27H2,1H3,(H-,28,32,33)/p+1/b9-6+. The first-order chi connectivity index (χ1) is 16.7. The van der Waals surface area contributed by atoms with Crippen LogP contribution in [0.25, 0.3) is 23.2 Å². The number of nitrogens with one attached hydrogen (secondary N) is 1. The summed E-state index contributed by atoms with van der Waals surface area (Å²) in [5, 5.41) is 24.9. The van der Waals surface area contributed by atoms with Gasteiger partial charge in [0.2, 0.25) is 5.91 Å². The first-order valence-corrected chi connectivity index (χ1v) is 12.0. The minimum Gasteiger partial charge on any atom is -0.508 e. The molecule has 0 atom stereocenters. The molecule has 0 radical (unpaired) electrons. The third-order valence-electron chi connectivity index (χ3n) is 5.66. The molecule has 2 aromatic carbocycles. The number of unbranched alkanes of at least 4 members (excludes halogenated alkanes) is 2. The van der Waals surface area contributed by atoms with E-state index in [1.165, 1.54) is 18.2 Å². The Bertz CT molecular complexity index is 1270. The largest absolute Gasteiger partial charge is 0.508 e. The number of aryl methyl sites for hydroxylation is 2. The number of rotatable bonds is 11. The third kappa shape index (κ3) is 6.50. The molecule has 0 saturated heterocycles. The SMILES string of the molecule is C[n+]1c(/C=C/c2cc(O)ccc2[N+](=O)[O-])n(CCCCCC(=O)NCCN)c2cc(Cl)c(Cl)cc21. The Hall–Kier alpha value is -3.14. The molecule has 0 unspecified atom stereocenters. The number of amides is 1. The van der Waals surface area contributed by atoms with Gasteiger partial charge in [0, 0.05) is 43.8 Å². The van der Waals surface area contributed by atoms with Gasteiger partial charge in [-0.15, -0.1) is 0 Å². The van der Waals surface area contributed by atoms with Crippen LogP contribution in [-0.4, -0.2) is 33.6 Å². The summed E-state index contributed by atoms with van der Waals surface area (Å²) < 4.78 is 4.00. The Morgan fingerprint density at radius 3 is 2.66 bits per heavy atom. The van der Waals surface area contributed by atoms with Crippen LogP contribution in [0.1, 0.15) is 37.1 Å². The summed E-state index contributed by atoms with van der Waals surface area (Å²) >= 11 is 12.6. The van der Waals surface area contributed by atoms with Crippen LogP contribution >= 0.6 is 23.2 Å². The van der Waals surface area contributed by atoms with Crippen LogP contribution in [0, 0.1) is 10.1 Å². The fraction of sp³-hybridized carbons (Fsp3) is 0.333. The van der Waals surface area contributed by atoms with E-state index in [9.17, 15) is 20.0 Å². The normalized spacial score (nSPS) is 11.4. The van der Waals surface area contributed by atoms with Crippen LogP contribution in [0.5, 0.6) is 5.75 Å². The maximum absolute atomic E-state index is 11.8. The predicted octanol–water partition coefficient (Wildman–Crippen LogP) is 4.19. The average molecular weight is 521 g/mol. The second-order valence-corrected chi connectivity index (χ2v) is 8.92. The molecular formula is C24H28Cl2N5O4+. The predicted molar refractivity (Wildman–Crippen MR) is 137 cm³/mol. The number of nitrogens with two attached hydrogens (primary N) is 1. The van der Waals surface area contributed by atoms with E-state index >= 15 is 0 Å². The summed E-state index contributed by atoms with van der Waals surface area (Å²) in [5.41, 5.74) is 7.30. The van der Waals surface area contributed by atoms with E-state index in [1.807, 2.05) is 11.6 Å². The van der Waals surface area contributed by atoms with Gasteiger partial charge >= 0.3 is 0 Å². The molecule has 3 rings (SSSR count). The Kier molecular flexibility index (Phi) is 9.08. The molecule has 1 amide bonds. The molecule has 1 heterocycles. The number of carbonyl (C=O) groups is 1. The number of imidazole rings is 1. The van der Waals surface area contributed by atoms with E-state index in [-0.39, 0.29) is 22.9 Å². The van der Waals surface area contributed by atoms with Crippen molar-refractivity contribution in [1.82, 2.24) is 9.88 Å². The van der Waals surface area contributed by atoms with Crippen molar-refractivity contribution in [3.8, 4) is 5.75 Å². The number of fused-ring (bicyclic) bond motifs is 1. The summed E-state index contributed by atoms with van der Waals surface area (Å²) in [6, 6.07) is 7.49. The van der Waals surface area contributed by atoms with Crippen molar-refractivity contribution in [2.24, 2.45) is 12.8 Å². The number of nitrogens with zero attached hydrogens (tertiary/aromatic N) is 3. The van der Waals surface area contributed by atoms with Crippen molar-refractivity contribution in [3.63, 3.8) is 0 Å². The molecule has 9 nitrogen and oxygen atoms in total. The Morgan fingerprint density at radius 1 is 1.20 bits per heavy atom. The molecule has 0 aliphatic carbocycles. The van der Waals surface area contributed by atoms with Crippen LogP contribution in [0.4, 0.5) is 5.69 Å². The molecule has 186 valence electrons. The number of hydrogen-bond donors (Lipinski definition) is 3. The second-order valence-electron chi connectivity index (χ2n) is 8.11. The van der Waals surface area contributed by atoms with Gasteiger partial charge < -0.3 is 16.2 Å². The first-order valence-electron chi connectivity index (χ1n) is 11.2. The van der Waals surface area contributed by atoms with E-state index in [0.717, 1.165) is 36.1 Å². The molecule has 0 spiro atoms. The van der Waals surface area contributed by atoms with Crippen LogP contribution in [0.2, 0.25) is 10.0 Å². The zero-order valence-electron chi connectivity index (χ0n) is 19.3. The highest BCUT2D eigenvalue weighted by Gasteiger charge is 2.23. The van der Waals surface area contributed by atoms with Gasteiger partial charge in [-0.2, -0.15) is 0 Å². The van der Waals surface area contributed by atoms with Gasteiger partial charge in [-0.25, -0.2) is 9.13 Å². The van der Waals surface area contributed by atoms with Crippen LogP contribution in [0.15, 0.2) is 30.3 Å². The highest BCUT2D eigenvalue weighted by atomic mass is 35.5. The average Bonchev–Trinajstić information content (AvgIpc) is 3.06. The van der Waals surface area contributed by atoms with Crippen LogP contribution in [0.3, 0.4) is 0 Å². The summed E-state index contributed by atoms with van der Waals surface area (Å²) in [5.74, 6) is 0.705. The molecule has 1 aromatic heterocycles. The molecule has 0 aliphatic heterocycles. The first kappa shape index (κ1) is 26.5. The van der Waals surface area contributed by atoms with Crippen molar-refractivity contribution in [1.29, 1.82) is 0 Å². The summed E-state index contributed by atoms with van der Waals surface area (Å²) in [6.07, 6.45) is 6.20. The number of halogens is 2. The van der Waals surface area contributed by atoms with Gasteiger partial charge in [0.15, 0.2) is 11.0 Å². The van der Waals surface area contributed by atoms with E-state index in [0.29, 0.717) is 36.1 Å². The summed E-state index contributed by atoms with van der Waals surface area (Å²) in [6.45, 7) is 1.53.